The molecule has 1 aromatic carbocycles. The highest BCUT2D eigenvalue weighted by atomic mass is 35.7. The Morgan fingerprint density at radius 3 is 2.24 bits per heavy atom. The van der Waals surface area contributed by atoms with Crippen LogP contribution in [0.4, 0.5) is 13.2 Å². The summed E-state index contributed by atoms with van der Waals surface area (Å²) in [6.07, 6.45) is -4.54. The van der Waals surface area contributed by atoms with Gasteiger partial charge in [-0.05, 0) is 37.1 Å². The van der Waals surface area contributed by atoms with Crippen molar-refractivity contribution in [1.29, 1.82) is 0 Å². The third kappa shape index (κ3) is 4.60. The van der Waals surface area contributed by atoms with Crippen LogP contribution in [0.15, 0.2) is 17.0 Å². The number of alkyl halides is 3. The van der Waals surface area contributed by atoms with Gasteiger partial charge in [-0.3, -0.25) is 4.79 Å². The minimum absolute atomic E-state index is 0.163. The fourth-order valence-corrected chi connectivity index (χ4v) is 3.04. The zero-order valence-electron chi connectivity index (χ0n) is 11.5. The molecule has 0 aromatic heterocycles. The smallest absolute Gasteiger partial charge is 0.333 e. The van der Waals surface area contributed by atoms with Crippen LogP contribution in [0.2, 0.25) is 0 Å². The van der Waals surface area contributed by atoms with Crippen LogP contribution in [0, 0.1) is 13.8 Å². The first-order valence-electron chi connectivity index (χ1n) is 5.71. The Bertz CT molecular complexity index is 671. The molecule has 0 bridgehead atoms. The van der Waals surface area contributed by atoms with Crippen LogP contribution in [0.25, 0.3) is 0 Å². The molecule has 0 atom stereocenters. The van der Waals surface area contributed by atoms with Crippen molar-refractivity contribution in [2.75, 3.05) is 13.6 Å². The number of aryl methyl sites for hydroxylation is 1. The van der Waals surface area contributed by atoms with Crippen LogP contribution < -0.4 is 0 Å². The topological polar surface area (TPSA) is 54.5 Å². The van der Waals surface area contributed by atoms with E-state index >= 15 is 0 Å². The summed E-state index contributed by atoms with van der Waals surface area (Å²) in [5.41, 5.74) is 0.629. The second kappa shape index (κ2) is 5.84. The van der Waals surface area contributed by atoms with Gasteiger partial charge in [0.25, 0.3) is 15.0 Å². The number of amides is 1. The van der Waals surface area contributed by atoms with Gasteiger partial charge in [-0.1, -0.05) is 0 Å². The van der Waals surface area contributed by atoms with E-state index < -0.39 is 27.7 Å². The van der Waals surface area contributed by atoms with E-state index in [2.05, 4.69) is 0 Å². The number of nitrogens with zero attached hydrogens (tertiary/aromatic N) is 1. The van der Waals surface area contributed by atoms with Gasteiger partial charge in [0.05, 0.1) is 4.90 Å². The molecule has 0 aliphatic heterocycles. The summed E-state index contributed by atoms with van der Waals surface area (Å²) in [5.74, 6) is -0.933. The summed E-state index contributed by atoms with van der Waals surface area (Å²) >= 11 is 0. The maximum atomic E-state index is 12.3. The van der Waals surface area contributed by atoms with Gasteiger partial charge in [0, 0.05) is 23.3 Å². The minimum atomic E-state index is -4.54. The number of benzene rings is 1. The molecule has 1 aromatic rings. The predicted octanol–water partition coefficient (Wildman–Crippen LogP) is 2.87. The van der Waals surface area contributed by atoms with E-state index in [9.17, 15) is 26.4 Å². The van der Waals surface area contributed by atoms with Crippen LogP contribution in [-0.2, 0) is 9.05 Å². The van der Waals surface area contributed by atoms with E-state index in [-0.39, 0.29) is 10.5 Å². The number of carbonyl (C=O) groups excluding carboxylic acids is 1. The van der Waals surface area contributed by atoms with Crippen molar-refractivity contribution in [3.05, 3.63) is 28.8 Å². The van der Waals surface area contributed by atoms with E-state index in [1.807, 2.05) is 0 Å². The third-order valence-corrected chi connectivity index (χ3v) is 4.34. The molecular formula is C12H13ClF3NO3S. The number of rotatable bonds is 3. The van der Waals surface area contributed by atoms with Gasteiger partial charge in [-0.2, -0.15) is 13.2 Å². The molecule has 0 saturated carbocycles. The second-order valence-corrected chi connectivity index (χ2v) is 7.16. The van der Waals surface area contributed by atoms with E-state index in [1.54, 1.807) is 6.92 Å². The molecule has 0 radical (unpaired) electrons. The maximum Gasteiger partial charge on any atom is 0.406 e. The zero-order chi connectivity index (χ0) is 16.6. The molecule has 0 unspecified atom stereocenters. The van der Waals surface area contributed by atoms with Crippen molar-refractivity contribution in [2.45, 2.75) is 24.9 Å². The van der Waals surface area contributed by atoms with Crippen molar-refractivity contribution in [1.82, 2.24) is 4.90 Å². The summed E-state index contributed by atoms with van der Waals surface area (Å²) < 4.78 is 59.7. The summed E-state index contributed by atoms with van der Waals surface area (Å²) in [7, 11) is 2.16. The van der Waals surface area contributed by atoms with Crippen LogP contribution >= 0.6 is 10.7 Å². The molecule has 0 saturated heterocycles. The Morgan fingerprint density at radius 2 is 1.81 bits per heavy atom. The zero-order valence-corrected chi connectivity index (χ0v) is 13.0. The number of halogens is 4. The largest absolute Gasteiger partial charge is 0.406 e. The molecule has 118 valence electrons. The molecule has 1 rings (SSSR count). The highest BCUT2D eigenvalue weighted by molar-refractivity contribution is 8.13. The Morgan fingerprint density at radius 1 is 1.29 bits per heavy atom. The highest BCUT2D eigenvalue weighted by Crippen LogP contribution is 2.25. The summed E-state index contributed by atoms with van der Waals surface area (Å²) in [6, 6.07) is 2.32. The van der Waals surface area contributed by atoms with Gasteiger partial charge in [0.2, 0.25) is 0 Å². The highest BCUT2D eigenvalue weighted by Gasteiger charge is 2.32. The molecule has 21 heavy (non-hydrogen) atoms. The standard InChI is InChI=1S/C12H13ClF3NO3S/c1-7-4-9(5-10(8(7)2)21(13,19)20)11(18)17(3)6-12(14,15)16/h4-5H,6H2,1-3H3. The molecule has 0 spiro atoms. The maximum absolute atomic E-state index is 12.3. The molecule has 9 heteroatoms. The molecule has 0 N–H and O–H groups in total. The first-order chi connectivity index (χ1) is 9.33. The summed E-state index contributed by atoms with van der Waals surface area (Å²) in [6.45, 7) is 1.61. The van der Waals surface area contributed by atoms with Gasteiger partial charge in [-0.25, -0.2) is 8.42 Å². The van der Waals surface area contributed by atoms with Gasteiger partial charge in [0.1, 0.15) is 6.54 Å². The van der Waals surface area contributed by atoms with E-state index in [4.69, 9.17) is 10.7 Å². The Balaban J connectivity index is 3.27. The Hall–Kier alpha value is -1.28. The second-order valence-electron chi connectivity index (χ2n) is 4.63. The summed E-state index contributed by atoms with van der Waals surface area (Å²) in [4.78, 5) is 12.1. The van der Waals surface area contributed by atoms with E-state index in [0.29, 0.717) is 16.0 Å². The third-order valence-electron chi connectivity index (χ3n) is 2.89. The van der Waals surface area contributed by atoms with Crippen molar-refractivity contribution in [3.63, 3.8) is 0 Å². The van der Waals surface area contributed by atoms with Gasteiger partial charge >= 0.3 is 6.18 Å². The van der Waals surface area contributed by atoms with Crippen molar-refractivity contribution in [3.8, 4) is 0 Å². The quantitative estimate of drug-likeness (QED) is 0.793. The van der Waals surface area contributed by atoms with Crippen LogP contribution in [0.5, 0.6) is 0 Å². The monoisotopic (exact) mass is 343 g/mol. The lowest BCUT2D eigenvalue weighted by Crippen LogP contribution is -2.35. The molecule has 1 amide bonds. The lowest BCUT2D eigenvalue weighted by molar-refractivity contribution is -0.138. The molecule has 0 aliphatic carbocycles. The first-order valence-corrected chi connectivity index (χ1v) is 8.02. The van der Waals surface area contributed by atoms with Gasteiger partial charge in [-0.15, -0.1) is 0 Å². The number of hydrogen-bond donors (Lipinski definition) is 0. The number of hydrogen-bond acceptors (Lipinski definition) is 3. The van der Waals surface area contributed by atoms with Gasteiger partial charge < -0.3 is 4.90 Å². The minimum Gasteiger partial charge on any atom is -0.333 e. The Kier molecular flexibility index (Phi) is 4.94. The fourth-order valence-electron chi connectivity index (χ4n) is 1.76. The molecular weight excluding hydrogens is 331 g/mol. The number of carbonyl (C=O) groups is 1. The summed E-state index contributed by atoms with van der Waals surface area (Å²) in [5, 5.41) is 0. The SMILES string of the molecule is Cc1cc(C(=O)N(C)CC(F)(F)F)cc(S(=O)(=O)Cl)c1C. The van der Waals surface area contributed by atoms with Crippen molar-refractivity contribution in [2.24, 2.45) is 0 Å². The van der Waals surface area contributed by atoms with Crippen molar-refractivity contribution >= 4 is 25.6 Å². The molecule has 4 nitrogen and oxygen atoms in total. The normalized spacial score (nSPS) is 12.3. The van der Waals surface area contributed by atoms with Crippen LogP contribution in [0.3, 0.4) is 0 Å². The molecule has 0 aliphatic rings. The van der Waals surface area contributed by atoms with Gasteiger partial charge in [0.15, 0.2) is 0 Å². The van der Waals surface area contributed by atoms with Crippen molar-refractivity contribution < 1.29 is 26.4 Å². The van der Waals surface area contributed by atoms with E-state index in [0.717, 1.165) is 13.1 Å². The molecule has 0 heterocycles. The van der Waals surface area contributed by atoms with Crippen LogP contribution in [0.1, 0.15) is 21.5 Å². The first kappa shape index (κ1) is 17.8. The van der Waals surface area contributed by atoms with Crippen LogP contribution in [-0.4, -0.2) is 39.0 Å². The fraction of sp³-hybridized carbons (Fsp3) is 0.417. The molecule has 0 fully saturated rings. The lowest BCUT2D eigenvalue weighted by atomic mass is 10.1. The predicted molar refractivity (Wildman–Crippen MR) is 72.0 cm³/mol. The lowest BCUT2D eigenvalue weighted by Gasteiger charge is -2.20. The average molecular weight is 344 g/mol. The van der Waals surface area contributed by atoms with E-state index in [1.165, 1.54) is 13.0 Å². The Labute approximate surface area is 124 Å². The average Bonchev–Trinajstić information content (AvgIpc) is 2.27.